The lowest BCUT2D eigenvalue weighted by molar-refractivity contribution is 0.661. The van der Waals surface area contributed by atoms with Crippen LogP contribution in [0.3, 0.4) is 0 Å². The molecule has 1 unspecified atom stereocenters. The summed E-state index contributed by atoms with van der Waals surface area (Å²) >= 11 is 0. The Kier molecular flexibility index (Phi) is 6.73. The Hall–Kier alpha value is -6.18. The minimum atomic E-state index is -0.533. The molecule has 0 heterocycles. The maximum atomic E-state index is 2.55. The normalized spacial score (nSPS) is 16.2. The molecule has 8 aromatic rings. The van der Waals surface area contributed by atoms with Crippen molar-refractivity contribution in [2.75, 3.05) is 4.90 Å². The number of nitrogens with zero attached hydrogens (tertiary/aromatic N) is 1. The van der Waals surface area contributed by atoms with Gasteiger partial charge in [-0.1, -0.05) is 166 Å². The van der Waals surface area contributed by atoms with Gasteiger partial charge < -0.3 is 4.90 Å². The van der Waals surface area contributed by atoms with E-state index in [4.69, 9.17) is 0 Å². The molecule has 2 aliphatic rings. The smallest absolute Gasteiger partial charge is 0.0714 e. The van der Waals surface area contributed by atoms with Crippen molar-refractivity contribution in [3.63, 3.8) is 0 Å². The Bertz CT molecular complexity index is 2610. The number of aryl methyl sites for hydroxylation is 1. The number of hydrogen-bond donors (Lipinski definition) is 0. The molecule has 0 fully saturated rings. The Morgan fingerprint density at radius 2 is 1.06 bits per heavy atom. The van der Waals surface area contributed by atoms with Crippen LogP contribution in [0.4, 0.5) is 17.1 Å². The van der Waals surface area contributed by atoms with Crippen molar-refractivity contribution in [1.82, 2.24) is 0 Å². The molecule has 1 atom stereocenters. The molecule has 10 rings (SSSR count). The first kappa shape index (κ1) is 30.6. The molecule has 0 radical (unpaired) electrons. The molecule has 0 saturated heterocycles. The number of para-hydroxylation sites is 2. The van der Waals surface area contributed by atoms with Crippen molar-refractivity contribution in [3.8, 4) is 22.3 Å². The van der Waals surface area contributed by atoms with Crippen molar-refractivity contribution < 1.29 is 0 Å². The molecular weight excluding hydrogens is 627 g/mol. The second-order valence-electron chi connectivity index (χ2n) is 15.0. The summed E-state index contributed by atoms with van der Waals surface area (Å²) in [6.45, 7) is 7.09. The summed E-state index contributed by atoms with van der Waals surface area (Å²) in [4.78, 5) is 2.44. The van der Waals surface area contributed by atoms with Gasteiger partial charge in [0.05, 0.1) is 11.1 Å². The molecule has 0 amide bonds. The van der Waals surface area contributed by atoms with Crippen LogP contribution in [0.25, 0.3) is 33.0 Å². The standard InChI is InChI=1S/C51H39N/c1-34-31-46-48(47(32-34)52(38-20-9-5-10-21-38)39-22-11-6-12-23-39)43-25-15-16-26-44(43)51(46,36-18-7-4-8-19-36)37-28-30-41-42-29-27-35-17-13-14-24-40(35)49(42)50(2,3)45(41)33-37/h4-33H,1-3H3. The van der Waals surface area contributed by atoms with Gasteiger partial charge in [-0.05, 0) is 104 Å². The van der Waals surface area contributed by atoms with Crippen LogP contribution in [0.1, 0.15) is 52.8 Å². The number of rotatable bonds is 5. The molecule has 8 aromatic carbocycles. The van der Waals surface area contributed by atoms with Crippen LogP contribution >= 0.6 is 0 Å². The number of benzene rings is 8. The van der Waals surface area contributed by atoms with Gasteiger partial charge in [0.25, 0.3) is 0 Å². The number of hydrogen-bond acceptors (Lipinski definition) is 1. The highest BCUT2D eigenvalue weighted by atomic mass is 15.1. The monoisotopic (exact) mass is 665 g/mol. The summed E-state index contributed by atoms with van der Waals surface area (Å²) in [7, 11) is 0. The van der Waals surface area contributed by atoms with Gasteiger partial charge in [-0.25, -0.2) is 0 Å². The molecule has 1 heteroatoms. The van der Waals surface area contributed by atoms with Crippen LogP contribution in [-0.2, 0) is 10.8 Å². The first-order valence-corrected chi connectivity index (χ1v) is 18.4. The van der Waals surface area contributed by atoms with Gasteiger partial charge in [-0.15, -0.1) is 0 Å². The number of fused-ring (bicyclic) bond motifs is 8. The summed E-state index contributed by atoms with van der Waals surface area (Å²) in [5, 5.41) is 2.64. The van der Waals surface area contributed by atoms with Gasteiger partial charge in [0.1, 0.15) is 0 Å². The van der Waals surface area contributed by atoms with E-state index in [2.05, 4.69) is 208 Å². The van der Waals surface area contributed by atoms with Gasteiger partial charge >= 0.3 is 0 Å². The SMILES string of the molecule is Cc1cc(N(c2ccccc2)c2ccccc2)c2c(c1)C(c1ccccc1)(c1ccc3c(c1)C(C)(C)c1c-3ccc3ccccc13)c1ccccc1-2. The molecule has 0 aromatic heterocycles. The summed E-state index contributed by atoms with van der Waals surface area (Å²) in [5.74, 6) is 0. The van der Waals surface area contributed by atoms with Crippen LogP contribution in [0.2, 0.25) is 0 Å². The lowest BCUT2D eigenvalue weighted by Gasteiger charge is -2.36. The van der Waals surface area contributed by atoms with E-state index in [0.717, 1.165) is 11.4 Å². The van der Waals surface area contributed by atoms with Gasteiger partial charge in [0.15, 0.2) is 0 Å². The Balaban J connectivity index is 1.29. The van der Waals surface area contributed by atoms with Crippen molar-refractivity contribution in [3.05, 3.63) is 221 Å². The molecule has 0 aliphatic heterocycles. The maximum absolute atomic E-state index is 2.55. The van der Waals surface area contributed by atoms with Crippen molar-refractivity contribution in [2.45, 2.75) is 31.6 Å². The molecule has 0 spiro atoms. The molecule has 2 aliphatic carbocycles. The van der Waals surface area contributed by atoms with E-state index in [1.54, 1.807) is 0 Å². The summed E-state index contributed by atoms with van der Waals surface area (Å²) in [6, 6.07) is 67.7. The molecule has 0 saturated carbocycles. The highest BCUT2D eigenvalue weighted by molar-refractivity contribution is 6.00. The number of anilines is 3. The van der Waals surface area contributed by atoms with Crippen molar-refractivity contribution >= 4 is 27.8 Å². The van der Waals surface area contributed by atoms with Crippen molar-refractivity contribution in [1.29, 1.82) is 0 Å². The molecule has 0 N–H and O–H groups in total. The summed E-state index contributed by atoms with van der Waals surface area (Å²) in [6.07, 6.45) is 0. The zero-order chi connectivity index (χ0) is 35.0. The lowest BCUT2D eigenvalue weighted by atomic mass is 9.66. The quantitative estimate of drug-likeness (QED) is 0.177. The Morgan fingerprint density at radius 3 is 1.79 bits per heavy atom. The fourth-order valence-electron chi connectivity index (χ4n) is 9.59. The van der Waals surface area contributed by atoms with Crippen molar-refractivity contribution in [2.24, 2.45) is 0 Å². The van der Waals surface area contributed by atoms with Gasteiger partial charge in [-0.2, -0.15) is 0 Å². The Labute approximate surface area is 306 Å². The molecule has 52 heavy (non-hydrogen) atoms. The topological polar surface area (TPSA) is 3.24 Å². The second kappa shape index (κ2) is 11.4. The summed E-state index contributed by atoms with van der Waals surface area (Å²) in [5.41, 5.74) is 17.3. The lowest BCUT2D eigenvalue weighted by Crippen LogP contribution is -2.29. The van der Waals surface area contributed by atoms with E-state index >= 15 is 0 Å². The third kappa shape index (κ3) is 4.23. The molecular formula is C51H39N. The minimum absolute atomic E-state index is 0.171. The van der Waals surface area contributed by atoms with Gasteiger partial charge in [0, 0.05) is 22.4 Å². The predicted molar refractivity (Wildman–Crippen MR) is 218 cm³/mol. The largest absolute Gasteiger partial charge is 0.310 e. The zero-order valence-electron chi connectivity index (χ0n) is 29.8. The van der Waals surface area contributed by atoms with Crippen LogP contribution in [-0.4, -0.2) is 0 Å². The summed E-state index contributed by atoms with van der Waals surface area (Å²) < 4.78 is 0. The van der Waals surface area contributed by atoms with Gasteiger partial charge in [-0.3, -0.25) is 0 Å². The van der Waals surface area contributed by atoms with E-state index in [9.17, 15) is 0 Å². The molecule has 248 valence electrons. The molecule has 0 bridgehead atoms. The fourth-order valence-corrected chi connectivity index (χ4v) is 9.59. The maximum Gasteiger partial charge on any atom is 0.0714 e. The van der Waals surface area contributed by atoms with E-state index in [-0.39, 0.29) is 5.41 Å². The van der Waals surface area contributed by atoms with Crippen LogP contribution in [0, 0.1) is 6.92 Å². The average Bonchev–Trinajstić information content (AvgIpc) is 3.61. The third-order valence-electron chi connectivity index (χ3n) is 11.7. The first-order valence-electron chi connectivity index (χ1n) is 18.4. The average molecular weight is 666 g/mol. The van der Waals surface area contributed by atoms with E-state index in [1.807, 2.05) is 0 Å². The molecule has 1 nitrogen and oxygen atoms in total. The van der Waals surface area contributed by atoms with E-state index in [0.29, 0.717) is 0 Å². The minimum Gasteiger partial charge on any atom is -0.310 e. The fraction of sp³-hybridized carbons (Fsp3) is 0.0980. The highest BCUT2D eigenvalue weighted by Gasteiger charge is 2.49. The second-order valence-corrected chi connectivity index (χ2v) is 15.0. The zero-order valence-corrected chi connectivity index (χ0v) is 29.8. The third-order valence-corrected chi connectivity index (χ3v) is 11.7. The van der Waals surface area contributed by atoms with E-state index < -0.39 is 5.41 Å². The van der Waals surface area contributed by atoms with Crippen LogP contribution in [0.15, 0.2) is 182 Å². The highest BCUT2D eigenvalue weighted by Crippen LogP contribution is 2.61. The predicted octanol–water partition coefficient (Wildman–Crippen LogP) is 13.3. The van der Waals surface area contributed by atoms with Crippen LogP contribution < -0.4 is 4.90 Å². The van der Waals surface area contributed by atoms with E-state index in [1.165, 1.54) is 77.7 Å². The van der Waals surface area contributed by atoms with Crippen LogP contribution in [0.5, 0.6) is 0 Å². The Morgan fingerprint density at radius 1 is 0.442 bits per heavy atom. The first-order chi connectivity index (χ1) is 25.5. The van der Waals surface area contributed by atoms with Gasteiger partial charge in [0.2, 0.25) is 0 Å².